The van der Waals surface area contributed by atoms with Gasteiger partial charge in [0.2, 0.25) is 0 Å². The summed E-state index contributed by atoms with van der Waals surface area (Å²) in [6.45, 7) is 14.0. The summed E-state index contributed by atoms with van der Waals surface area (Å²) in [5.41, 5.74) is 1.33. The van der Waals surface area contributed by atoms with E-state index in [2.05, 4.69) is 32.1 Å². The number of ether oxygens (including phenoxy) is 1. The van der Waals surface area contributed by atoms with E-state index in [1.807, 2.05) is 6.07 Å². The second-order valence-electron chi connectivity index (χ2n) is 9.37. The zero-order chi connectivity index (χ0) is 21.4. The second kappa shape index (κ2) is 13.1. The van der Waals surface area contributed by atoms with E-state index < -0.39 is 0 Å². The number of aliphatic imine (C=N–C) groups is 1. The average Bonchev–Trinajstić information content (AvgIpc) is 3.32. The highest BCUT2D eigenvalue weighted by molar-refractivity contribution is 14.0. The van der Waals surface area contributed by atoms with E-state index in [1.165, 1.54) is 38.6 Å². The number of halogens is 1. The van der Waals surface area contributed by atoms with Crippen molar-refractivity contribution in [1.82, 2.24) is 25.2 Å². The smallest absolute Gasteiger partial charge is 0.194 e. The largest absolute Gasteiger partial charge is 0.379 e. The van der Waals surface area contributed by atoms with Crippen molar-refractivity contribution in [3.8, 4) is 0 Å². The number of hydrogen-bond donors (Lipinski definition) is 1. The molecule has 2 saturated heterocycles. The van der Waals surface area contributed by atoms with Gasteiger partial charge in [-0.1, -0.05) is 24.4 Å². The SMILES string of the molecule is CCNC(=NCC1(CN2CCOCC2)CCCCC1)N1CCN(Cc2ccon2)CC1.I. The number of piperazine rings is 1. The maximum Gasteiger partial charge on any atom is 0.194 e. The van der Waals surface area contributed by atoms with Crippen LogP contribution < -0.4 is 5.32 Å². The topological polar surface area (TPSA) is 69.4 Å². The molecule has 32 heavy (non-hydrogen) atoms. The van der Waals surface area contributed by atoms with Crippen molar-refractivity contribution in [1.29, 1.82) is 0 Å². The lowest BCUT2D eigenvalue weighted by Crippen LogP contribution is -2.52. The maximum absolute atomic E-state index is 5.57. The fraction of sp³-hybridized carbons (Fsp3) is 0.826. The van der Waals surface area contributed by atoms with Crippen LogP contribution in [0.4, 0.5) is 0 Å². The van der Waals surface area contributed by atoms with Crippen molar-refractivity contribution in [2.75, 3.05) is 72.1 Å². The second-order valence-corrected chi connectivity index (χ2v) is 9.37. The highest BCUT2D eigenvalue weighted by atomic mass is 127. The van der Waals surface area contributed by atoms with Crippen molar-refractivity contribution < 1.29 is 9.26 Å². The molecule has 3 heterocycles. The van der Waals surface area contributed by atoms with E-state index in [0.717, 1.165) is 83.8 Å². The van der Waals surface area contributed by atoms with Gasteiger partial charge >= 0.3 is 0 Å². The summed E-state index contributed by atoms with van der Waals surface area (Å²) in [7, 11) is 0. The van der Waals surface area contributed by atoms with Crippen molar-refractivity contribution >= 4 is 29.9 Å². The fourth-order valence-corrected chi connectivity index (χ4v) is 5.24. The normalized spacial score (nSPS) is 23.0. The van der Waals surface area contributed by atoms with Crippen LogP contribution in [0, 0.1) is 5.41 Å². The van der Waals surface area contributed by atoms with E-state index in [0.29, 0.717) is 5.41 Å². The first-order valence-corrected chi connectivity index (χ1v) is 12.2. The van der Waals surface area contributed by atoms with Crippen molar-refractivity contribution in [2.45, 2.75) is 45.6 Å². The molecule has 0 spiro atoms. The number of morpholine rings is 1. The van der Waals surface area contributed by atoms with Gasteiger partial charge < -0.3 is 19.5 Å². The van der Waals surface area contributed by atoms with Gasteiger partial charge in [-0.15, -0.1) is 24.0 Å². The molecule has 9 heteroatoms. The summed E-state index contributed by atoms with van der Waals surface area (Å²) in [5, 5.41) is 7.62. The lowest BCUT2D eigenvalue weighted by molar-refractivity contribution is 0.00931. The van der Waals surface area contributed by atoms with E-state index in [4.69, 9.17) is 14.3 Å². The number of rotatable bonds is 7. The molecule has 0 unspecified atom stereocenters. The number of nitrogens with zero attached hydrogens (tertiary/aromatic N) is 5. The van der Waals surface area contributed by atoms with Crippen LogP contribution in [0.3, 0.4) is 0 Å². The molecular weight excluding hydrogens is 519 g/mol. The molecule has 0 amide bonds. The molecule has 1 aliphatic carbocycles. The molecule has 1 saturated carbocycles. The predicted octanol–water partition coefficient (Wildman–Crippen LogP) is 2.66. The monoisotopic (exact) mass is 560 g/mol. The summed E-state index contributed by atoms with van der Waals surface area (Å²) < 4.78 is 10.5. The Kier molecular flexibility index (Phi) is 10.5. The van der Waals surface area contributed by atoms with Gasteiger partial charge in [0.25, 0.3) is 0 Å². The number of aromatic nitrogens is 1. The lowest BCUT2D eigenvalue weighted by atomic mass is 9.73. The lowest BCUT2D eigenvalue weighted by Gasteiger charge is -2.42. The van der Waals surface area contributed by atoms with Gasteiger partial charge in [-0.25, -0.2) is 0 Å². The Balaban J connectivity index is 0.00000289. The number of hydrogen-bond acceptors (Lipinski definition) is 6. The Morgan fingerprint density at radius 3 is 2.47 bits per heavy atom. The van der Waals surface area contributed by atoms with E-state index >= 15 is 0 Å². The zero-order valence-electron chi connectivity index (χ0n) is 19.6. The Bertz CT molecular complexity index is 666. The van der Waals surface area contributed by atoms with Crippen LogP contribution >= 0.6 is 24.0 Å². The van der Waals surface area contributed by atoms with E-state index in [-0.39, 0.29) is 24.0 Å². The summed E-state index contributed by atoms with van der Waals surface area (Å²) in [6.07, 6.45) is 8.33. The molecule has 0 bridgehead atoms. The third-order valence-electron chi connectivity index (χ3n) is 7.02. The van der Waals surface area contributed by atoms with Crippen LogP contribution in [-0.2, 0) is 11.3 Å². The Hall–Kier alpha value is -0.910. The minimum absolute atomic E-state index is 0. The molecule has 4 rings (SSSR count). The molecule has 8 nitrogen and oxygen atoms in total. The van der Waals surface area contributed by atoms with Gasteiger partial charge in [0.15, 0.2) is 5.96 Å². The molecular formula is C23H41IN6O2. The van der Waals surface area contributed by atoms with Crippen LogP contribution in [0.2, 0.25) is 0 Å². The van der Waals surface area contributed by atoms with Gasteiger partial charge in [-0.05, 0) is 19.8 Å². The highest BCUT2D eigenvalue weighted by Gasteiger charge is 2.34. The first kappa shape index (κ1) is 25.7. The molecule has 182 valence electrons. The zero-order valence-corrected chi connectivity index (χ0v) is 22.0. The quantitative estimate of drug-likeness (QED) is 0.313. The standard InChI is InChI=1S/C23H40N6O2.HI/c1-2-24-22(29-11-9-27(10-12-29)18-21-6-15-31-26-21)25-19-23(7-4-3-5-8-23)20-28-13-16-30-17-14-28;/h6,15H,2-5,7-14,16-20H2,1H3,(H,24,25);1H. The molecule has 0 aromatic carbocycles. The minimum Gasteiger partial charge on any atom is -0.379 e. The summed E-state index contributed by atoms with van der Waals surface area (Å²) in [5.74, 6) is 1.09. The summed E-state index contributed by atoms with van der Waals surface area (Å²) in [6, 6.07) is 1.95. The number of guanidine groups is 1. The molecule has 3 fully saturated rings. The number of nitrogens with one attached hydrogen (secondary N) is 1. The van der Waals surface area contributed by atoms with E-state index in [9.17, 15) is 0 Å². The minimum atomic E-state index is 0. The summed E-state index contributed by atoms with van der Waals surface area (Å²) in [4.78, 5) is 12.7. The molecule has 0 radical (unpaired) electrons. The summed E-state index contributed by atoms with van der Waals surface area (Å²) >= 11 is 0. The Labute approximate surface area is 210 Å². The van der Waals surface area contributed by atoms with Gasteiger partial charge in [-0.2, -0.15) is 0 Å². The van der Waals surface area contributed by atoms with Crippen LogP contribution in [0.25, 0.3) is 0 Å². The van der Waals surface area contributed by atoms with Gasteiger partial charge in [0, 0.05) is 76.9 Å². The van der Waals surface area contributed by atoms with Crippen LogP contribution in [0.1, 0.15) is 44.7 Å². The third-order valence-corrected chi connectivity index (χ3v) is 7.02. The average molecular weight is 561 g/mol. The predicted molar refractivity (Wildman–Crippen MR) is 138 cm³/mol. The van der Waals surface area contributed by atoms with Gasteiger partial charge in [0.1, 0.15) is 6.26 Å². The Morgan fingerprint density at radius 2 is 1.81 bits per heavy atom. The van der Waals surface area contributed by atoms with Crippen molar-refractivity contribution in [2.24, 2.45) is 10.4 Å². The maximum atomic E-state index is 5.57. The molecule has 2 aliphatic heterocycles. The molecule has 1 aromatic rings. The Morgan fingerprint density at radius 1 is 1.06 bits per heavy atom. The van der Waals surface area contributed by atoms with Gasteiger partial charge in [-0.3, -0.25) is 14.8 Å². The molecule has 1 N–H and O–H groups in total. The highest BCUT2D eigenvalue weighted by Crippen LogP contribution is 2.37. The van der Waals surface area contributed by atoms with Crippen molar-refractivity contribution in [3.05, 3.63) is 18.0 Å². The van der Waals surface area contributed by atoms with Gasteiger partial charge in [0.05, 0.1) is 18.9 Å². The van der Waals surface area contributed by atoms with Crippen LogP contribution in [0.5, 0.6) is 0 Å². The van der Waals surface area contributed by atoms with Crippen LogP contribution in [-0.4, -0.2) is 97.9 Å². The first-order chi connectivity index (χ1) is 15.3. The van der Waals surface area contributed by atoms with Crippen molar-refractivity contribution in [3.63, 3.8) is 0 Å². The fourth-order valence-electron chi connectivity index (χ4n) is 5.24. The third kappa shape index (κ3) is 7.30. The first-order valence-electron chi connectivity index (χ1n) is 12.2. The van der Waals surface area contributed by atoms with E-state index in [1.54, 1.807) is 6.26 Å². The molecule has 3 aliphatic rings. The van der Waals surface area contributed by atoms with Crippen LogP contribution in [0.15, 0.2) is 21.8 Å². The molecule has 1 aromatic heterocycles. The molecule has 0 atom stereocenters.